The van der Waals surface area contributed by atoms with Gasteiger partial charge in [-0.3, -0.25) is 4.99 Å². The molecule has 0 spiro atoms. The van der Waals surface area contributed by atoms with Crippen LogP contribution in [0.4, 0.5) is 0 Å². The van der Waals surface area contributed by atoms with Gasteiger partial charge in [-0.05, 0) is 18.6 Å². The normalized spacial score (nSPS) is 11.2. The summed E-state index contributed by atoms with van der Waals surface area (Å²) in [5.74, 6) is 1.70. The number of guanidine groups is 1. The topological polar surface area (TPSA) is 49.6 Å². The lowest BCUT2D eigenvalue weighted by atomic mass is 10.1. The summed E-state index contributed by atoms with van der Waals surface area (Å²) in [5, 5.41) is 7.77. The van der Waals surface area contributed by atoms with Crippen molar-refractivity contribution in [2.24, 2.45) is 4.99 Å². The average Bonchev–Trinajstić information content (AvgIpc) is 2.92. The zero-order chi connectivity index (χ0) is 16.1. The van der Waals surface area contributed by atoms with Gasteiger partial charge in [-0.15, -0.1) is 24.0 Å². The molecule has 0 fully saturated rings. The van der Waals surface area contributed by atoms with Crippen LogP contribution in [0.15, 0.2) is 64.0 Å². The van der Waals surface area contributed by atoms with Gasteiger partial charge in [0.15, 0.2) is 5.96 Å². The van der Waals surface area contributed by atoms with Crippen LogP contribution in [0.1, 0.15) is 16.9 Å². The number of aliphatic imine (C=N–C) groups is 1. The van der Waals surface area contributed by atoms with Crippen LogP contribution >= 0.6 is 24.0 Å². The Kier molecular flexibility index (Phi) is 6.66. The summed E-state index contributed by atoms with van der Waals surface area (Å²) in [5.41, 5.74) is 3.32. The fourth-order valence-corrected chi connectivity index (χ4v) is 2.56. The monoisotopic (exact) mass is 435 g/mol. The van der Waals surface area contributed by atoms with Crippen LogP contribution in [-0.4, -0.2) is 13.0 Å². The number of furan rings is 1. The highest BCUT2D eigenvalue weighted by Crippen LogP contribution is 2.24. The second kappa shape index (κ2) is 8.73. The zero-order valence-corrected chi connectivity index (χ0v) is 16.2. The molecular formula is C19H22IN3O. The summed E-state index contributed by atoms with van der Waals surface area (Å²) >= 11 is 0. The molecule has 0 radical (unpaired) electrons. The van der Waals surface area contributed by atoms with E-state index in [1.54, 1.807) is 7.05 Å². The second-order valence-electron chi connectivity index (χ2n) is 5.41. The molecule has 2 aromatic carbocycles. The summed E-state index contributed by atoms with van der Waals surface area (Å²) in [7, 11) is 1.77. The predicted octanol–water partition coefficient (Wildman–Crippen LogP) is 4.22. The molecule has 5 heteroatoms. The molecule has 0 aliphatic heterocycles. The standard InChI is InChI=1S/C19H21N3O.HI/c1-14-16-10-6-7-11-17(16)23-18(14)13-22-19(20-2)21-12-15-8-4-3-5-9-15;/h3-11H,12-13H2,1-2H3,(H2,20,21,22);1H. The van der Waals surface area contributed by atoms with Gasteiger partial charge >= 0.3 is 0 Å². The van der Waals surface area contributed by atoms with Gasteiger partial charge in [-0.2, -0.15) is 0 Å². The van der Waals surface area contributed by atoms with E-state index in [4.69, 9.17) is 4.42 Å². The van der Waals surface area contributed by atoms with Crippen LogP contribution in [-0.2, 0) is 13.1 Å². The Morgan fingerprint density at radius 2 is 1.62 bits per heavy atom. The first-order valence-electron chi connectivity index (χ1n) is 7.73. The van der Waals surface area contributed by atoms with E-state index in [0.29, 0.717) is 6.54 Å². The second-order valence-corrected chi connectivity index (χ2v) is 5.41. The SMILES string of the molecule is CN=C(NCc1ccccc1)NCc1oc2ccccc2c1C.I. The Labute approximate surface area is 159 Å². The molecule has 24 heavy (non-hydrogen) atoms. The van der Waals surface area contributed by atoms with Crippen molar-refractivity contribution >= 4 is 40.9 Å². The number of nitrogens with zero attached hydrogens (tertiary/aromatic N) is 1. The molecule has 4 nitrogen and oxygen atoms in total. The fraction of sp³-hybridized carbons (Fsp3) is 0.211. The van der Waals surface area contributed by atoms with Crippen molar-refractivity contribution in [3.8, 4) is 0 Å². The Hall–Kier alpha value is -2.02. The van der Waals surface area contributed by atoms with Crippen LogP contribution in [0.2, 0.25) is 0 Å². The molecule has 0 saturated carbocycles. The number of nitrogens with one attached hydrogen (secondary N) is 2. The van der Waals surface area contributed by atoms with E-state index in [1.165, 1.54) is 11.1 Å². The molecule has 0 unspecified atom stereocenters. The molecule has 0 saturated heterocycles. The van der Waals surface area contributed by atoms with Gasteiger partial charge in [-0.1, -0.05) is 48.5 Å². The first kappa shape index (κ1) is 18.3. The molecule has 0 bridgehead atoms. The molecule has 1 heterocycles. The molecular weight excluding hydrogens is 413 g/mol. The van der Waals surface area contributed by atoms with E-state index in [-0.39, 0.29) is 24.0 Å². The van der Waals surface area contributed by atoms with Crippen molar-refractivity contribution < 1.29 is 4.42 Å². The molecule has 126 valence electrons. The summed E-state index contributed by atoms with van der Waals surface area (Å²) in [6.07, 6.45) is 0. The molecule has 3 aromatic rings. The molecule has 3 rings (SSSR count). The van der Waals surface area contributed by atoms with Crippen molar-refractivity contribution in [2.75, 3.05) is 7.05 Å². The number of fused-ring (bicyclic) bond motifs is 1. The van der Waals surface area contributed by atoms with Crippen LogP contribution in [0.25, 0.3) is 11.0 Å². The largest absolute Gasteiger partial charge is 0.459 e. The minimum atomic E-state index is 0. The van der Waals surface area contributed by atoms with Gasteiger partial charge in [0.25, 0.3) is 0 Å². The minimum absolute atomic E-state index is 0. The summed E-state index contributed by atoms with van der Waals surface area (Å²) in [6.45, 7) is 3.43. The minimum Gasteiger partial charge on any atom is -0.459 e. The van der Waals surface area contributed by atoms with Crippen molar-refractivity contribution in [3.05, 3.63) is 71.5 Å². The molecule has 1 aromatic heterocycles. The van der Waals surface area contributed by atoms with Gasteiger partial charge in [-0.25, -0.2) is 0 Å². The zero-order valence-electron chi connectivity index (χ0n) is 13.9. The molecule has 0 aliphatic rings. The van der Waals surface area contributed by atoms with Crippen LogP contribution < -0.4 is 10.6 Å². The predicted molar refractivity (Wildman–Crippen MR) is 110 cm³/mol. The third-order valence-corrected chi connectivity index (χ3v) is 3.89. The number of halogens is 1. The molecule has 0 amide bonds. The van der Waals surface area contributed by atoms with Crippen molar-refractivity contribution in [1.82, 2.24) is 10.6 Å². The van der Waals surface area contributed by atoms with Crippen LogP contribution in [0.3, 0.4) is 0 Å². The first-order chi connectivity index (χ1) is 11.3. The quantitative estimate of drug-likeness (QED) is 0.367. The van der Waals surface area contributed by atoms with Gasteiger partial charge in [0.1, 0.15) is 11.3 Å². The lowest BCUT2D eigenvalue weighted by Gasteiger charge is -2.11. The maximum absolute atomic E-state index is 5.91. The average molecular weight is 435 g/mol. The highest BCUT2D eigenvalue weighted by molar-refractivity contribution is 14.0. The maximum Gasteiger partial charge on any atom is 0.191 e. The molecule has 2 N–H and O–H groups in total. The van der Waals surface area contributed by atoms with Crippen molar-refractivity contribution in [3.63, 3.8) is 0 Å². The molecule has 0 aliphatic carbocycles. The summed E-state index contributed by atoms with van der Waals surface area (Å²) in [4.78, 5) is 4.25. The van der Waals surface area contributed by atoms with E-state index in [1.807, 2.05) is 36.4 Å². The van der Waals surface area contributed by atoms with E-state index < -0.39 is 0 Å². The lowest BCUT2D eigenvalue weighted by Crippen LogP contribution is -2.36. The van der Waals surface area contributed by atoms with E-state index in [9.17, 15) is 0 Å². The Morgan fingerprint density at radius 3 is 2.33 bits per heavy atom. The van der Waals surface area contributed by atoms with Gasteiger partial charge < -0.3 is 15.1 Å². The van der Waals surface area contributed by atoms with Gasteiger partial charge in [0.2, 0.25) is 0 Å². The van der Waals surface area contributed by atoms with E-state index >= 15 is 0 Å². The number of aryl methyl sites for hydroxylation is 1. The van der Waals surface area contributed by atoms with Gasteiger partial charge in [0.05, 0.1) is 6.54 Å². The fourth-order valence-electron chi connectivity index (χ4n) is 2.56. The number of benzene rings is 2. The Bertz CT molecular complexity index is 812. The van der Waals surface area contributed by atoms with Crippen molar-refractivity contribution in [1.29, 1.82) is 0 Å². The number of hydrogen-bond acceptors (Lipinski definition) is 2. The number of hydrogen-bond donors (Lipinski definition) is 2. The third kappa shape index (κ3) is 4.29. The lowest BCUT2D eigenvalue weighted by molar-refractivity contribution is 0.534. The van der Waals surface area contributed by atoms with Crippen LogP contribution in [0.5, 0.6) is 0 Å². The highest BCUT2D eigenvalue weighted by Gasteiger charge is 2.10. The Morgan fingerprint density at radius 1 is 0.958 bits per heavy atom. The summed E-state index contributed by atoms with van der Waals surface area (Å²) < 4.78 is 5.91. The Balaban J connectivity index is 0.00000208. The van der Waals surface area contributed by atoms with Crippen molar-refractivity contribution in [2.45, 2.75) is 20.0 Å². The number of para-hydroxylation sites is 1. The van der Waals surface area contributed by atoms with E-state index in [0.717, 1.165) is 29.2 Å². The van der Waals surface area contributed by atoms with Crippen LogP contribution in [0, 0.1) is 6.92 Å². The smallest absolute Gasteiger partial charge is 0.191 e. The maximum atomic E-state index is 5.91. The highest BCUT2D eigenvalue weighted by atomic mass is 127. The van der Waals surface area contributed by atoms with E-state index in [2.05, 4.69) is 40.7 Å². The summed E-state index contributed by atoms with van der Waals surface area (Å²) in [6, 6.07) is 18.4. The number of rotatable bonds is 4. The molecule has 0 atom stereocenters. The first-order valence-corrected chi connectivity index (χ1v) is 7.73. The third-order valence-electron chi connectivity index (χ3n) is 3.89. The van der Waals surface area contributed by atoms with Gasteiger partial charge in [0, 0.05) is 24.5 Å².